The summed E-state index contributed by atoms with van der Waals surface area (Å²) < 4.78 is 18.3. The summed E-state index contributed by atoms with van der Waals surface area (Å²) >= 11 is 0. The Balaban J connectivity index is 2.20. The molecule has 0 atom stereocenters. The highest BCUT2D eigenvalue weighted by Crippen LogP contribution is 2.15. The molecule has 29 heavy (non-hydrogen) atoms. The zero-order valence-corrected chi connectivity index (χ0v) is 19.5. The summed E-state index contributed by atoms with van der Waals surface area (Å²) in [6.07, 6.45) is 1.66. The minimum absolute atomic E-state index is 0.420. The summed E-state index contributed by atoms with van der Waals surface area (Å²) in [6, 6.07) is 31.3. The summed E-state index contributed by atoms with van der Waals surface area (Å²) in [6.45, 7) is 6.36. The van der Waals surface area contributed by atoms with Gasteiger partial charge in [-0.05, 0) is 35.2 Å². The van der Waals surface area contributed by atoms with E-state index in [9.17, 15) is 0 Å². The molecule has 0 N–H and O–H groups in total. The standard InChI is InChI=1S/C24H28O3Si2/c1-25-24(27-28(2,3)4)20-26-29(21-14-8-5-9-15-21,22-16-10-6-11-17-22)23-18-12-7-13-19-23/h5-20H,1-4H3/b24-20+. The van der Waals surface area contributed by atoms with E-state index in [0.29, 0.717) is 5.95 Å². The maximum Gasteiger partial charge on any atom is 0.346 e. The highest BCUT2D eigenvalue weighted by atomic mass is 28.4. The number of hydrogen-bond acceptors (Lipinski definition) is 3. The van der Waals surface area contributed by atoms with E-state index in [1.54, 1.807) is 13.4 Å². The van der Waals surface area contributed by atoms with Gasteiger partial charge < -0.3 is 13.6 Å². The fourth-order valence-electron chi connectivity index (χ4n) is 3.27. The van der Waals surface area contributed by atoms with Crippen LogP contribution in [0, 0.1) is 0 Å². The van der Waals surface area contributed by atoms with Crippen LogP contribution in [-0.2, 0) is 13.6 Å². The Kier molecular flexibility index (Phi) is 6.62. The molecular formula is C24H28O3Si2. The molecule has 3 aromatic carbocycles. The maximum atomic E-state index is 6.74. The molecule has 0 radical (unpaired) electrons. The zero-order chi connectivity index (χ0) is 20.7. The van der Waals surface area contributed by atoms with Gasteiger partial charge in [0, 0.05) is 0 Å². The van der Waals surface area contributed by atoms with Crippen LogP contribution in [0.3, 0.4) is 0 Å². The first-order valence-electron chi connectivity index (χ1n) is 9.73. The molecule has 0 unspecified atom stereocenters. The molecule has 0 spiro atoms. The predicted octanol–water partition coefficient (Wildman–Crippen LogP) is 3.97. The van der Waals surface area contributed by atoms with E-state index >= 15 is 0 Å². The summed E-state index contributed by atoms with van der Waals surface area (Å²) in [5.41, 5.74) is 0. The second-order valence-corrected chi connectivity index (χ2v) is 15.5. The van der Waals surface area contributed by atoms with E-state index in [1.807, 2.05) is 18.2 Å². The van der Waals surface area contributed by atoms with Gasteiger partial charge in [-0.3, -0.25) is 0 Å². The largest absolute Gasteiger partial charge is 0.531 e. The lowest BCUT2D eigenvalue weighted by Gasteiger charge is -2.32. The quantitative estimate of drug-likeness (QED) is 0.314. The summed E-state index contributed by atoms with van der Waals surface area (Å²) in [5, 5.41) is 3.49. The van der Waals surface area contributed by atoms with Gasteiger partial charge in [-0.15, -0.1) is 0 Å². The molecule has 5 heteroatoms. The third-order valence-electron chi connectivity index (χ3n) is 4.48. The number of rotatable bonds is 8. The van der Waals surface area contributed by atoms with Gasteiger partial charge >= 0.3 is 8.32 Å². The molecule has 150 valence electrons. The van der Waals surface area contributed by atoms with Crippen molar-refractivity contribution in [1.29, 1.82) is 0 Å². The summed E-state index contributed by atoms with van der Waals surface area (Å²) in [4.78, 5) is 0. The zero-order valence-electron chi connectivity index (χ0n) is 17.5. The monoisotopic (exact) mass is 420 g/mol. The van der Waals surface area contributed by atoms with Crippen LogP contribution in [0.4, 0.5) is 0 Å². The molecule has 0 bridgehead atoms. The van der Waals surface area contributed by atoms with Crippen LogP contribution in [0.25, 0.3) is 0 Å². The van der Waals surface area contributed by atoms with Gasteiger partial charge in [-0.2, -0.15) is 0 Å². The van der Waals surface area contributed by atoms with Gasteiger partial charge in [0.15, 0.2) is 0 Å². The minimum atomic E-state index is -2.80. The van der Waals surface area contributed by atoms with Gasteiger partial charge in [0.1, 0.15) is 6.26 Å². The lowest BCUT2D eigenvalue weighted by Crippen LogP contribution is -2.68. The van der Waals surface area contributed by atoms with Crippen molar-refractivity contribution >= 4 is 32.2 Å². The SMILES string of the molecule is CO/C(=C\O[Si](c1ccccc1)(c1ccccc1)c1ccccc1)O[Si](C)(C)C. The van der Waals surface area contributed by atoms with E-state index < -0.39 is 16.6 Å². The highest BCUT2D eigenvalue weighted by molar-refractivity contribution is 7.07. The molecule has 0 fully saturated rings. The molecule has 0 saturated heterocycles. The first kappa shape index (κ1) is 21.0. The number of ether oxygens (including phenoxy) is 1. The van der Waals surface area contributed by atoms with Crippen LogP contribution in [0.5, 0.6) is 0 Å². The summed E-state index contributed by atoms with van der Waals surface area (Å²) in [7, 11) is -3.02. The van der Waals surface area contributed by atoms with Crippen molar-refractivity contribution < 1.29 is 13.6 Å². The predicted molar refractivity (Wildman–Crippen MR) is 125 cm³/mol. The van der Waals surface area contributed by atoms with Crippen molar-refractivity contribution in [2.24, 2.45) is 0 Å². The van der Waals surface area contributed by atoms with Crippen molar-refractivity contribution in [2.75, 3.05) is 7.11 Å². The van der Waals surface area contributed by atoms with Crippen LogP contribution in [-0.4, -0.2) is 23.7 Å². The van der Waals surface area contributed by atoms with Gasteiger partial charge in [0.25, 0.3) is 5.95 Å². The Morgan fingerprint density at radius 3 is 1.34 bits per heavy atom. The lowest BCUT2D eigenvalue weighted by molar-refractivity contribution is 0.135. The van der Waals surface area contributed by atoms with Crippen molar-refractivity contribution in [3.05, 3.63) is 103 Å². The van der Waals surface area contributed by atoms with Crippen LogP contribution in [0.2, 0.25) is 19.6 Å². The Morgan fingerprint density at radius 2 is 1.03 bits per heavy atom. The smallest absolute Gasteiger partial charge is 0.346 e. The van der Waals surface area contributed by atoms with Gasteiger partial charge in [0.05, 0.1) is 7.11 Å². The maximum absolute atomic E-state index is 6.74. The molecule has 0 saturated carbocycles. The molecule has 0 aliphatic rings. The highest BCUT2D eigenvalue weighted by Gasteiger charge is 2.43. The number of hydrogen-bond donors (Lipinski definition) is 0. The van der Waals surface area contributed by atoms with Crippen LogP contribution in [0.15, 0.2) is 103 Å². The molecule has 0 aliphatic heterocycles. The second-order valence-electron chi connectivity index (χ2n) is 7.75. The van der Waals surface area contributed by atoms with E-state index in [0.717, 1.165) is 15.6 Å². The molecule has 3 aromatic rings. The Morgan fingerprint density at radius 1 is 0.655 bits per heavy atom. The normalized spacial score (nSPS) is 12.3. The van der Waals surface area contributed by atoms with Crippen LogP contribution < -0.4 is 15.6 Å². The van der Waals surface area contributed by atoms with Crippen molar-refractivity contribution in [1.82, 2.24) is 0 Å². The molecular weight excluding hydrogens is 392 g/mol. The molecule has 3 rings (SSSR count). The molecule has 3 nitrogen and oxygen atoms in total. The van der Waals surface area contributed by atoms with Crippen molar-refractivity contribution in [3.63, 3.8) is 0 Å². The second kappa shape index (κ2) is 9.15. The molecule has 0 aromatic heterocycles. The average Bonchev–Trinajstić information content (AvgIpc) is 2.75. The van der Waals surface area contributed by atoms with Crippen molar-refractivity contribution in [2.45, 2.75) is 19.6 Å². The average molecular weight is 421 g/mol. The first-order valence-corrected chi connectivity index (χ1v) is 15.0. The minimum Gasteiger partial charge on any atom is -0.531 e. The van der Waals surface area contributed by atoms with E-state index in [-0.39, 0.29) is 0 Å². The molecule has 0 aliphatic carbocycles. The molecule has 0 amide bonds. The van der Waals surface area contributed by atoms with Gasteiger partial charge in [0.2, 0.25) is 8.32 Å². The Labute approximate surface area is 175 Å². The number of methoxy groups -OCH3 is 1. The molecule has 0 heterocycles. The Hall–Kier alpha value is -2.77. The summed E-state index contributed by atoms with van der Waals surface area (Å²) in [5.74, 6) is 0.420. The third-order valence-corrected chi connectivity index (χ3v) is 9.20. The number of benzene rings is 3. The fourth-order valence-corrected chi connectivity index (χ4v) is 7.68. The van der Waals surface area contributed by atoms with Crippen molar-refractivity contribution in [3.8, 4) is 0 Å². The Bertz CT molecular complexity index is 824. The van der Waals surface area contributed by atoms with Gasteiger partial charge in [-0.1, -0.05) is 91.0 Å². The topological polar surface area (TPSA) is 27.7 Å². The van der Waals surface area contributed by atoms with E-state index in [4.69, 9.17) is 13.6 Å². The van der Waals surface area contributed by atoms with Gasteiger partial charge in [-0.25, -0.2) is 0 Å². The van der Waals surface area contributed by atoms with E-state index in [2.05, 4.69) is 92.4 Å². The van der Waals surface area contributed by atoms with Crippen LogP contribution >= 0.6 is 0 Å². The fraction of sp³-hybridized carbons (Fsp3) is 0.167. The van der Waals surface area contributed by atoms with E-state index in [1.165, 1.54) is 0 Å². The first-order chi connectivity index (χ1) is 14.0. The lowest BCUT2D eigenvalue weighted by atomic mass is 10.3. The van der Waals surface area contributed by atoms with Crippen LogP contribution in [0.1, 0.15) is 0 Å². The third kappa shape index (κ3) is 4.99.